The van der Waals surface area contributed by atoms with Crippen LogP contribution in [0.3, 0.4) is 0 Å². The summed E-state index contributed by atoms with van der Waals surface area (Å²) in [6.45, 7) is 5.90. The van der Waals surface area contributed by atoms with Gasteiger partial charge in [0.15, 0.2) is 0 Å². The van der Waals surface area contributed by atoms with Crippen LogP contribution in [0.15, 0.2) is 0 Å². The molecule has 6 fully saturated rings. The molecule has 1 saturated heterocycles. The number of nitrogens with zero attached hydrogens (tertiary/aromatic N) is 1. The van der Waals surface area contributed by atoms with Crippen LogP contribution in [0, 0.1) is 34.5 Å². The fourth-order valence-electron chi connectivity index (χ4n) is 11.3. The van der Waals surface area contributed by atoms with Crippen LogP contribution in [0.1, 0.15) is 39.5 Å². The summed E-state index contributed by atoms with van der Waals surface area (Å²) in [6.07, 6.45) is 0.760. The highest BCUT2D eigenvalue weighted by Gasteiger charge is 2.88. The Hall–Kier alpha value is -0.810. The lowest BCUT2D eigenvalue weighted by Gasteiger charge is -2.69. The number of piperidine rings is 1. The summed E-state index contributed by atoms with van der Waals surface area (Å²) in [5.41, 5.74) is -3.13. The Kier molecular flexibility index (Phi) is 5.73. The Bertz CT molecular complexity index is 918. The van der Waals surface area contributed by atoms with Crippen LogP contribution >= 0.6 is 0 Å². The maximum absolute atomic E-state index is 12.9. The Labute approximate surface area is 213 Å². The number of ether oxygens (including phenoxy) is 5. The van der Waals surface area contributed by atoms with Crippen molar-refractivity contribution in [1.82, 2.24) is 4.90 Å². The van der Waals surface area contributed by atoms with E-state index in [2.05, 4.69) is 11.8 Å². The minimum absolute atomic E-state index is 0.0230. The monoisotopic (exact) mass is 509 g/mol. The zero-order valence-corrected chi connectivity index (χ0v) is 22.4. The number of carbonyl (C=O) groups is 1. The van der Waals surface area contributed by atoms with E-state index in [9.17, 15) is 15.0 Å². The van der Waals surface area contributed by atoms with Gasteiger partial charge in [-0.1, -0.05) is 6.92 Å². The number of methoxy groups -OCH3 is 4. The fraction of sp³-hybridized carbons (Fsp3) is 0.963. The lowest BCUT2D eigenvalue weighted by atomic mass is 9.43. The fourth-order valence-corrected chi connectivity index (χ4v) is 11.3. The van der Waals surface area contributed by atoms with Crippen molar-refractivity contribution in [3.8, 4) is 0 Å². The molecular formula is C27H43NO8. The summed E-state index contributed by atoms with van der Waals surface area (Å²) in [4.78, 5) is 14.9. The molecule has 0 amide bonds. The topological polar surface area (TPSA) is 107 Å². The second-order valence-corrected chi connectivity index (χ2v) is 12.5. The van der Waals surface area contributed by atoms with Crippen LogP contribution in [0.4, 0.5) is 0 Å². The molecule has 204 valence electrons. The van der Waals surface area contributed by atoms with Crippen LogP contribution < -0.4 is 0 Å². The van der Waals surface area contributed by atoms with Gasteiger partial charge in [-0.2, -0.15) is 0 Å². The van der Waals surface area contributed by atoms with Gasteiger partial charge in [-0.3, -0.25) is 9.69 Å². The summed E-state index contributed by atoms with van der Waals surface area (Å²) in [6, 6.07) is 0.0230. The number of esters is 1. The van der Waals surface area contributed by atoms with E-state index < -0.39 is 35.3 Å². The first kappa shape index (κ1) is 25.5. The third-order valence-corrected chi connectivity index (χ3v) is 11.7. The third kappa shape index (κ3) is 2.64. The first-order valence-corrected chi connectivity index (χ1v) is 13.6. The molecule has 2 N–H and O–H groups in total. The number of likely N-dealkylation sites (tertiary alicyclic amines) is 1. The SMILES string of the molecule is CCN1C[C@]2(COC)CC[C@H](OC)[C@@]34[C@@H]5C[C@]6(O)[C@@H](OC)C[C@@](O)([C@H]5[C@H]6OC(C)=O)[C@@H]([C@H](OC)[C@H]23)[C@@H]14. The largest absolute Gasteiger partial charge is 0.459 e. The van der Waals surface area contributed by atoms with Crippen molar-refractivity contribution in [3.63, 3.8) is 0 Å². The van der Waals surface area contributed by atoms with Crippen LogP contribution in [0.25, 0.3) is 0 Å². The highest BCUT2D eigenvalue weighted by atomic mass is 16.6. The van der Waals surface area contributed by atoms with Gasteiger partial charge in [0.2, 0.25) is 0 Å². The van der Waals surface area contributed by atoms with E-state index >= 15 is 0 Å². The van der Waals surface area contributed by atoms with Gasteiger partial charge in [0.1, 0.15) is 11.7 Å². The average Bonchev–Trinajstić information content (AvgIpc) is 3.22. The lowest BCUT2D eigenvalue weighted by Crippen LogP contribution is -2.77. The van der Waals surface area contributed by atoms with Crippen molar-refractivity contribution in [3.05, 3.63) is 0 Å². The van der Waals surface area contributed by atoms with E-state index in [1.807, 2.05) is 0 Å². The first-order valence-electron chi connectivity index (χ1n) is 13.6. The van der Waals surface area contributed by atoms with Gasteiger partial charge in [-0.05, 0) is 31.7 Å². The molecule has 6 aliphatic rings. The minimum atomic E-state index is -1.37. The van der Waals surface area contributed by atoms with Gasteiger partial charge < -0.3 is 33.9 Å². The van der Waals surface area contributed by atoms with E-state index in [1.165, 1.54) is 6.92 Å². The van der Waals surface area contributed by atoms with Gasteiger partial charge >= 0.3 is 5.97 Å². The molecular weight excluding hydrogens is 466 g/mol. The number of aliphatic hydroxyl groups is 2. The summed E-state index contributed by atoms with van der Waals surface area (Å²) in [7, 11) is 6.90. The Morgan fingerprint density at radius 1 is 1.00 bits per heavy atom. The molecule has 7 bridgehead atoms. The summed E-state index contributed by atoms with van der Waals surface area (Å²) in [5, 5.41) is 25.0. The molecule has 0 aromatic carbocycles. The third-order valence-electron chi connectivity index (χ3n) is 11.7. The molecule has 0 unspecified atom stereocenters. The predicted molar refractivity (Wildman–Crippen MR) is 128 cm³/mol. The van der Waals surface area contributed by atoms with Crippen molar-refractivity contribution in [2.24, 2.45) is 34.5 Å². The Morgan fingerprint density at radius 3 is 2.31 bits per heavy atom. The lowest BCUT2D eigenvalue weighted by molar-refractivity contribution is -0.285. The van der Waals surface area contributed by atoms with E-state index in [0.29, 0.717) is 13.0 Å². The average molecular weight is 510 g/mol. The highest BCUT2D eigenvalue weighted by Crippen LogP contribution is 2.80. The molecule has 9 nitrogen and oxygen atoms in total. The summed E-state index contributed by atoms with van der Waals surface area (Å²) >= 11 is 0. The zero-order chi connectivity index (χ0) is 25.8. The molecule has 5 aliphatic carbocycles. The molecule has 1 aliphatic heterocycles. The Balaban J connectivity index is 1.64. The van der Waals surface area contributed by atoms with Gasteiger partial charge in [-0.15, -0.1) is 0 Å². The second-order valence-electron chi connectivity index (χ2n) is 12.5. The maximum Gasteiger partial charge on any atom is 0.303 e. The number of hydrogen-bond acceptors (Lipinski definition) is 9. The van der Waals surface area contributed by atoms with Gasteiger partial charge in [0, 0.05) is 83.0 Å². The Morgan fingerprint density at radius 2 is 1.72 bits per heavy atom. The van der Waals surface area contributed by atoms with Crippen molar-refractivity contribution in [2.75, 3.05) is 48.1 Å². The number of hydrogen-bond donors (Lipinski definition) is 2. The van der Waals surface area contributed by atoms with E-state index in [0.717, 1.165) is 25.9 Å². The predicted octanol–water partition coefficient (Wildman–Crippen LogP) is 0.842. The zero-order valence-electron chi connectivity index (χ0n) is 22.4. The van der Waals surface area contributed by atoms with Gasteiger partial charge in [-0.25, -0.2) is 0 Å². The van der Waals surface area contributed by atoms with E-state index in [4.69, 9.17) is 23.7 Å². The van der Waals surface area contributed by atoms with Gasteiger partial charge in [0.25, 0.3) is 0 Å². The molecule has 1 heterocycles. The van der Waals surface area contributed by atoms with Crippen molar-refractivity contribution >= 4 is 5.97 Å². The number of fused-ring (bicyclic) bond motifs is 2. The van der Waals surface area contributed by atoms with E-state index in [-0.39, 0.29) is 53.3 Å². The molecule has 9 heteroatoms. The molecule has 36 heavy (non-hydrogen) atoms. The van der Waals surface area contributed by atoms with Crippen LogP contribution in [-0.4, -0.2) is 111 Å². The molecule has 0 radical (unpaired) electrons. The normalized spacial score (nSPS) is 56.6. The molecule has 0 aromatic heterocycles. The summed E-state index contributed by atoms with van der Waals surface area (Å²) in [5.74, 6) is -1.14. The highest BCUT2D eigenvalue weighted by molar-refractivity contribution is 5.66. The molecule has 1 spiro atoms. The van der Waals surface area contributed by atoms with Crippen LogP contribution in [0.5, 0.6) is 0 Å². The number of carbonyl (C=O) groups excluding carboxylic acids is 1. The standard InChI is InChI=1S/C27H43NO8/c1-7-28-12-24(13-32-3)9-8-16(33-4)27-15-10-25(30)17(34-5)11-26(31,18(15)23(25)36-14(2)29)19(22(27)28)20(35-6)21(24)27/h15-23,30-31H,7-13H2,1-6H3/t15-,16+,17+,18-,19+,20+,21-,22-,23-,24+,25+,26-,27+/m1/s1. The van der Waals surface area contributed by atoms with Crippen molar-refractivity contribution in [2.45, 2.75) is 81.2 Å². The van der Waals surface area contributed by atoms with Crippen LogP contribution in [0.2, 0.25) is 0 Å². The molecule has 13 atom stereocenters. The van der Waals surface area contributed by atoms with Crippen LogP contribution in [-0.2, 0) is 28.5 Å². The van der Waals surface area contributed by atoms with Crippen molar-refractivity contribution < 1.29 is 38.7 Å². The van der Waals surface area contributed by atoms with E-state index in [1.54, 1.807) is 28.4 Å². The second kappa shape index (κ2) is 8.10. The summed E-state index contributed by atoms with van der Waals surface area (Å²) < 4.78 is 30.4. The molecule has 0 aromatic rings. The minimum Gasteiger partial charge on any atom is -0.459 e. The van der Waals surface area contributed by atoms with Gasteiger partial charge in [0.05, 0.1) is 30.5 Å². The first-order chi connectivity index (χ1) is 17.1. The van der Waals surface area contributed by atoms with Crippen molar-refractivity contribution in [1.29, 1.82) is 0 Å². The number of rotatable bonds is 7. The quantitative estimate of drug-likeness (QED) is 0.483. The molecule has 5 saturated carbocycles. The smallest absolute Gasteiger partial charge is 0.303 e. The molecule has 6 rings (SSSR count). The maximum atomic E-state index is 12.9.